The van der Waals surface area contributed by atoms with Gasteiger partial charge in [-0.05, 0) is 61.0 Å². The van der Waals surface area contributed by atoms with Crippen molar-refractivity contribution in [2.24, 2.45) is 0 Å². The number of morpholine rings is 1. The summed E-state index contributed by atoms with van der Waals surface area (Å²) in [6.45, 7) is 5.35. The van der Waals surface area contributed by atoms with Gasteiger partial charge in [0.1, 0.15) is 0 Å². The summed E-state index contributed by atoms with van der Waals surface area (Å²) in [6.07, 6.45) is 1.80. The molecule has 0 radical (unpaired) electrons. The Hall–Kier alpha value is -3.18. The van der Waals surface area contributed by atoms with Crippen molar-refractivity contribution in [1.29, 1.82) is 0 Å². The maximum Gasteiger partial charge on any atom is 0.255 e. The van der Waals surface area contributed by atoms with Crippen LogP contribution in [0.4, 0.5) is 11.4 Å². The molecular weight excluding hydrogens is 350 g/mol. The van der Waals surface area contributed by atoms with Crippen molar-refractivity contribution in [1.82, 2.24) is 4.98 Å². The molecule has 1 aromatic heterocycles. The van der Waals surface area contributed by atoms with Gasteiger partial charge in [-0.1, -0.05) is 12.1 Å². The Kier molecular flexibility index (Phi) is 5.35. The number of nitrogens with zero attached hydrogens (tertiary/aromatic N) is 2. The van der Waals surface area contributed by atoms with Crippen molar-refractivity contribution in [2.45, 2.75) is 6.92 Å². The highest BCUT2D eigenvalue weighted by molar-refractivity contribution is 6.04. The number of anilines is 2. The summed E-state index contributed by atoms with van der Waals surface area (Å²) in [5, 5.41) is 2.96. The summed E-state index contributed by atoms with van der Waals surface area (Å²) < 4.78 is 5.39. The van der Waals surface area contributed by atoms with Gasteiger partial charge in [0, 0.05) is 41.8 Å². The van der Waals surface area contributed by atoms with Gasteiger partial charge >= 0.3 is 0 Å². The normalized spacial score (nSPS) is 14.0. The molecule has 0 spiro atoms. The Bertz CT molecular complexity index is 946. The van der Waals surface area contributed by atoms with E-state index in [9.17, 15) is 4.79 Å². The SMILES string of the molecule is Cc1ccnc(-c2ccc(C(=O)Nc3ccc(N4CCOCC4)cc3)cc2)c1. The van der Waals surface area contributed by atoms with E-state index < -0.39 is 0 Å². The van der Waals surface area contributed by atoms with E-state index in [-0.39, 0.29) is 5.91 Å². The van der Waals surface area contributed by atoms with Gasteiger partial charge < -0.3 is 15.0 Å². The Morgan fingerprint density at radius 1 is 1.00 bits per heavy atom. The first-order valence-corrected chi connectivity index (χ1v) is 9.46. The van der Waals surface area contributed by atoms with Crippen LogP contribution in [0.5, 0.6) is 0 Å². The predicted molar refractivity (Wildman–Crippen MR) is 112 cm³/mol. The van der Waals surface area contributed by atoms with Crippen molar-refractivity contribution in [2.75, 3.05) is 36.5 Å². The fraction of sp³-hybridized carbons (Fsp3) is 0.217. The molecule has 2 aromatic carbocycles. The third-order valence-electron chi connectivity index (χ3n) is 4.86. The smallest absolute Gasteiger partial charge is 0.255 e. The number of rotatable bonds is 4. The fourth-order valence-corrected chi connectivity index (χ4v) is 3.27. The molecular formula is C23H23N3O2. The molecule has 1 aliphatic rings. The van der Waals surface area contributed by atoms with Crippen molar-refractivity contribution in [3.63, 3.8) is 0 Å². The van der Waals surface area contributed by atoms with Crippen LogP contribution in [0.1, 0.15) is 15.9 Å². The predicted octanol–water partition coefficient (Wildman–Crippen LogP) is 4.15. The van der Waals surface area contributed by atoms with Gasteiger partial charge in [0.05, 0.1) is 18.9 Å². The number of hydrogen-bond donors (Lipinski definition) is 1. The van der Waals surface area contributed by atoms with Gasteiger partial charge in [-0.3, -0.25) is 9.78 Å². The third kappa shape index (κ3) is 4.21. The first-order valence-electron chi connectivity index (χ1n) is 9.46. The van der Waals surface area contributed by atoms with Crippen LogP contribution < -0.4 is 10.2 Å². The van der Waals surface area contributed by atoms with Gasteiger partial charge in [0.2, 0.25) is 0 Å². The third-order valence-corrected chi connectivity index (χ3v) is 4.86. The lowest BCUT2D eigenvalue weighted by Crippen LogP contribution is -2.36. The second kappa shape index (κ2) is 8.23. The molecule has 0 atom stereocenters. The van der Waals surface area contributed by atoms with E-state index in [2.05, 4.69) is 15.2 Å². The summed E-state index contributed by atoms with van der Waals surface area (Å²) >= 11 is 0. The topological polar surface area (TPSA) is 54.5 Å². The zero-order valence-corrected chi connectivity index (χ0v) is 15.9. The lowest BCUT2D eigenvalue weighted by atomic mass is 10.1. The average Bonchev–Trinajstić information content (AvgIpc) is 2.75. The Labute approximate surface area is 165 Å². The zero-order chi connectivity index (χ0) is 19.3. The molecule has 1 fully saturated rings. The maximum atomic E-state index is 12.5. The molecule has 1 amide bonds. The lowest BCUT2D eigenvalue weighted by Gasteiger charge is -2.28. The van der Waals surface area contributed by atoms with Crippen LogP contribution in [0, 0.1) is 6.92 Å². The number of aromatic nitrogens is 1. The summed E-state index contributed by atoms with van der Waals surface area (Å²) in [5.74, 6) is -0.122. The molecule has 0 bridgehead atoms. The highest BCUT2D eigenvalue weighted by Gasteiger charge is 2.12. The minimum Gasteiger partial charge on any atom is -0.378 e. The molecule has 5 heteroatoms. The van der Waals surface area contributed by atoms with Crippen LogP contribution in [0.15, 0.2) is 66.9 Å². The lowest BCUT2D eigenvalue weighted by molar-refractivity contribution is 0.102. The largest absolute Gasteiger partial charge is 0.378 e. The number of hydrogen-bond acceptors (Lipinski definition) is 4. The van der Waals surface area contributed by atoms with Gasteiger partial charge in [-0.2, -0.15) is 0 Å². The Balaban J connectivity index is 1.42. The van der Waals surface area contributed by atoms with Crippen molar-refractivity contribution >= 4 is 17.3 Å². The van der Waals surface area contributed by atoms with Crippen LogP contribution in [0.3, 0.4) is 0 Å². The van der Waals surface area contributed by atoms with Crippen molar-refractivity contribution in [3.05, 3.63) is 78.0 Å². The molecule has 2 heterocycles. The molecule has 142 valence electrons. The summed E-state index contributed by atoms with van der Waals surface area (Å²) in [5.41, 5.74) is 5.62. The molecule has 5 nitrogen and oxygen atoms in total. The second-order valence-electron chi connectivity index (χ2n) is 6.90. The highest BCUT2D eigenvalue weighted by atomic mass is 16.5. The summed E-state index contributed by atoms with van der Waals surface area (Å²) in [7, 11) is 0. The molecule has 1 aliphatic heterocycles. The zero-order valence-electron chi connectivity index (χ0n) is 15.9. The number of ether oxygens (including phenoxy) is 1. The summed E-state index contributed by atoms with van der Waals surface area (Å²) in [4.78, 5) is 19.2. The first kappa shape index (κ1) is 18.2. The number of carbonyl (C=O) groups is 1. The van der Waals surface area contributed by atoms with Gasteiger partial charge in [-0.15, -0.1) is 0 Å². The molecule has 1 saturated heterocycles. The van der Waals surface area contributed by atoms with Crippen molar-refractivity contribution in [3.8, 4) is 11.3 Å². The van der Waals surface area contributed by atoms with E-state index >= 15 is 0 Å². The number of carbonyl (C=O) groups excluding carboxylic acids is 1. The Morgan fingerprint density at radius 3 is 2.39 bits per heavy atom. The first-order chi connectivity index (χ1) is 13.7. The minimum absolute atomic E-state index is 0.122. The van der Waals surface area contributed by atoms with Gasteiger partial charge in [-0.25, -0.2) is 0 Å². The molecule has 4 rings (SSSR count). The van der Waals surface area contributed by atoms with E-state index in [0.717, 1.165) is 54.5 Å². The van der Waals surface area contributed by atoms with Crippen LogP contribution in [0.25, 0.3) is 11.3 Å². The molecule has 0 saturated carbocycles. The van der Waals surface area contributed by atoms with Gasteiger partial charge in [0.15, 0.2) is 0 Å². The molecule has 1 N–H and O–H groups in total. The number of benzene rings is 2. The molecule has 0 aliphatic carbocycles. The van der Waals surface area contributed by atoms with Crippen LogP contribution in [-0.4, -0.2) is 37.2 Å². The number of aryl methyl sites for hydroxylation is 1. The summed E-state index contributed by atoms with van der Waals surface area (Å²) in [6, 6.07) is 19.5. The van der Waals surface area contributed by atoms with E-state index in [0.29, 0.717) is 5.56 Å². The maximum absolute atomic E-state index is 12.5. The monoisotopic (exact) mass is 373 g/mol. The Morgan fingerprint density at radius 2 is 1.71 bits per heavy atom. The number of nitrogens with one attached hydrogen (secondary N) is 1. The standard InChI is InChI=1S/C23H23N3O2/c1-17-10-11-24-22(16-17)18-2-4-19(5-3-18)23(27)25-20-6-8-21(9-7-20)26-12-14-28-15-13-26/h2-11,16H,12-15H2,1H3,(H,25,27). The fourth-order valence-electron chi connectivity index (χ4n) is 3.27. The van der Waals surface area contributed by atoms with E-state index in [4.69, 9.17) is 4.74 Å². The van der Waals surface area contributed by atoms with E-state index in [1.165, 1.54) is 0 Å². The number of pyridine rings is 1. The minimum atomic E-state index is -0.122. The van der Waals surface area contributed by atoms with E-state index in [1.807, 2.05) is 67.6 Å². The van der Waals surface area contributed by atoms with Crippen LogP contribution in [0.2, 0.25) is 0 Å². The number of amides is 1. The van der Waals surface area contributed by atoms with Crippen LogP contribution in [-0.2, 0) is 4.74 Å². The van der Waals surface area contributed by atoms with Gasteiger partial charge in [0.25, 0.3) is 5.91 Å². The van der Waals surface area contributed by atoms with Crippen LogP contribution >= 0.6 is 0 Å². The molecule has 0 unspecified atom stereocenters. The average molecular weight is 373 g/mol. The second-order valence-corrected chi connectivity index (χ2v) is 6.90. The quantitative estimate of drug-likeness (QED) is 0.747. The highest BCUT2D eigenvalue weighted by Crippen LogP contribution is 2.21. The van der Waals surface area contributed by atoms with Crippen molar-refractivity contribution < 1.29 is 9.53 Å². The molecule has 28 heavy (non-hydrogen) atoms. The van der Waals surface area contributed by atoms with E-state index in [1.54, 1.807) is 6.20 Å². The molecule has 3 aromatic rings.